The lowest BCUT2D eigenvalue weighted by Gasteiger charge is -2.27. The molecular formula is C26H31Cl3O7. The number of carbonyl (C=O) groups excluding carboxylic acids is 2. The topological polar surface area (TPSA) is 80.3 Å². The second-order valence-electron chi connectivity index (χ2n) is 8.61. The van der Waals surface area contributed by atoms with Crippen molar-refractivity contribution in [2.24, 2.45) is 0 Å². The first-order valence-electron chi connectivity index (χ1n) is 11.2. The second-order valence-corrected chi connectivity index (χ2v) is 9.74. The van der Waals surface area contributed by atoms with Gasteiger partial charge in [0.25, 0.3) is 0 Å². The molecule has 2 rings (SSSR count). The fraction of sp³-hybridized carbons (Fsp3) is 0.462. The van der Waals surface area contributed by atoms with E-state index in [1.165, 1.54) is 21.0 Å². The first-order chi connectivity index (χ1) is 17.0. The molecule has 0 aliphatic carbocycles. The summed E-state index contributed by atoms with van der Waals surface area (Å²) in [6.07, 6.45) is -1.12. The Hall–Kier alpha value is -2.19. The van der Waals surface area contributed by atoms with Gasteiger partial charge in [-0.1, -0.05) is 49.2 Å². The highest BCUT2D eigenvalue weighted by Crippen LogP contribution is 2.40. The van der Waals surface area contributed by atoms with Gasteiger partial charge in [-0.15, -0.1) is 11.6 Å². The molecule has 36 heavy (non-hydrogen) atoms. The largest absolute Gasteiger partial charge is 0.490 e. The minimum atomic E-state index is -0.619. The van der Waals surface area contributed by atoms with E-state index in [2.05, 4.69) is 0 Å². The van der Waals surface area contributed by atoms with Gasteiger partial charge in [0, 0.05) is 26.4 Å². The molecular weight excluding hydrogens is 531 g/mol. The zero-order valence-electron chi connectivity index (χ0n) is 20.9. The van der Waals surface area contributed by atoms with Gasteiger partial charge in [-0.05, 0) is 35.4 Å². The third-order valence-electron chi connectivity index (χ3n) is 5.34. The van der Waals surface area contributed by atoms with Gasteiger partial charge in [-0.3, -0.25) is 9.59 Å². The van der Waals surface area contributed by atoms with Crippen molar-refractivity contribution >= 4 is 46.7 Å². The normalized spacial score (nSPS) is 13.0. The third kappa shape index (κ3) is 8.73. The fourth-order valence-electron chi connectivity index (χ4n) is 3.44. The van der Waals surface area contributed by atoms with Crippen LogP contribution in [0.15, 0.2) is 36.4 Å². The maximum Gasteiger partial charge on any atom is 0.303 e. The van der Waals surface area contributed by atoms with E-state index in [4.69, 9.17) is 58.5 Å². The van der Waals surface area contributed by atoms with Crippen LogP contribution in [0.4, 0.5) is 0 Å². The molecule has 0 radical (unpaired) electrons. The van der Waals surface area contributed by atoms with E-state index in [0.717, 1.165) is 11.1 Å². The van der Waals surface area contributed by atoms with Crippen LogP contribution in [0.5, 0.6) is 11.5 Å². The van der Waals surface area contributed by atoms with Crippen LogP contribution in [0.1, 0.15) is 38.8 Å². The van der Waals surface area contributed by atoms with E-state index in [1.54, 1.807) is 12.1 Å². The molecule has 0 fully saturated rings. The van der Waals surface area contributed by atoms with Crippen LogP contribution in [0.2, 0.25) is 10.0 Å². The third-order valence-corrected chi connectivity index (χ3v) is 6.24. The van der Waals surface area contributed by atoms with E-state index in [9.17, 15) is 9.59 Å². The molecule has 0 saturated heterocycles. The van der Waals surface area contributed by atoms with E-state index >= 15 is 0 Å². The number of alkyl halides is 1. The maximum atomic E-state index is 11.2. The van der Waals surface area contributed by atoms with Gasteiger partial charge in [0.05, 0.1) is 22.5 Å². The van der Waals surface area contributed by atoms with Gasteiger partial charge in [-0.2, -0.15) is 0 Å². The molecule has 0 heterocycles. The Bertz CT molecular complexity index is 1000. The van der Waals surface area contributed by atoms with Gasteiger partial charge in [-0.25, -0.2) is 0 Å². The quantitative estimate of drug-likeness (QED) is 0.225. The first-order valence-corrected chi connectivity index (χ1v) is 12.5. The predicted octanol–water partition coefficient (Wildman–Crippen LogP) is 5.83. The van der Waals surface area contributed by atoms with Crippen LogP contribution in [-0.4, -0.2) is 57.0 Å². The fourth-order valence-corrected chi connectivity index (χ4v) is 4.19. The van der Waals surface area contributed by atoms with Crippen molar-refractivity contribution in [2.45, 2.75) is 45.3 Å². The summed E-state index contributed by atoms with van der Waals surface area (Å²) in [7, 11) is 1.53. The number of hydrogen-bond donors (Lipinski definition) is 0. The summed E-state index contributed by atoms with van der Waals surface area (Å²) in [6.45, 7) is 7.17. The van der Waals surface area contributed by atoms with Gasteiger partial charge in [0.1, 0.15) is 25.1 Å². The number of hydrogen-bond acceptors (Lipinski definition) is 7. The number of carbonyl (C=O) groups is 2. The number of halogens is 3. The summed E-state index contributed by atoms with van der Waals surface area (Å²) < 4.78 is 26.8. The summed E-state index contributed by atoms with van der Waals surface area (Å²) >= 11 is 18.8. The Labute approximate surface area is 226 Å². The molecule has 0 N–H and O–H groups in total. The number of rotatable bonds is 13. The molecule has 0 aliphatic rings. The lowest BCUT2D eigenvalue weighted by Crippen LogP contribution is -2.28. The predicted molar refractivity (Wildman–Crippen MR) is 140 cm³/mol. The summed E-state index contributed by atoms with van der Waals surface area (Å²) in [5.41, 5.74) is 1.43. The summed E-state index contributed by atoms with van der Waals surface area (Å²) in [6, 6.07) is 11.2. The minimum Gasteiger partial charge on any atom is -0.490 e. The van der Waals surface area contributed by atoms with Crippen molar-refractivity contribution in [1.29, 1.82) is 0 Å². The standard InChI is InChI=1S/C26H31Cl3O7/c1-16(30)35-21(12-27)14-34-25-23(28)10-19(11-24(25)29)26(3,4)18-6-8-20(9-7-18)33-15-22(13-32-5)36-17(2)31/h6-11,21-22H,12-15H2,1-5H3/t21-,22+/m0/s1. The van der Waals surface area contributed by atoms with Crippen molar-refractivity contribution in [1.82, 2.24) is 0 Å². The van der Waals surface area contributed by atoms with Crippen LogP contribution in [-0.2, 0) is 29.2 Å². The Morgan fingerprint density at radius 3 is 1.86 bits per heavy atom. The number of esters is 2. The van der Waals surface area contributed by atoms with E-state index in [1.807, 2.05) is 38.1 Å². The molecule has 0 saturated carbocycles. The monoisotopic (exact) mass is 560 g/mol. The van der Waals surface area contributed by atoms with Crippen LogP contribution < -0.4 is 9.47 Å². The SMILES string of the molecule is COC[C@H](COc1ccc(C(C)(C)c2cc(Cl)c(OC[C@H](CCl)OC(C)=O)c(Cl)c2)cc1)OC(C)=O. The molecule has 0 amide bonds. The zero-order valence-corrected chi connectivity index (χ0v) is 23.2. The molecule has 2 aromatic rings. The summed E-state index contributed by atoms with van der Waals surface area (Å²) in [4.78, 5) is 22.4. The Balaban J connectivity index is 2.13. The van der Waals surface area contributed by atoms with Crippen molar-refractivity contribution < 1.29 is 33.3 Å². The van der Waals surface area contributed by atoms with Crippen molar-refractivity contribution in [2.75, 3.05) is 32.8 Å². The molecule has 0 spiro atoms. The number of methoxy groups -OCH3 is 1. The lowest BCUT2D eigenvalue weighted by atomic mass is 9.78. The molecule has 2 aromatic carbocycles. The van der Waals surface area contributed by atoms with Gasteiger partial charge >= 0.3 is 11.9 Å². The highest BCUT2D eigenvalue weighted by molar-refractivity contribution is 6.37. The van der Waals surface area contributed by atoms with Crippen LogP contribution in [0.25, 0.3) is 0 Å². The minimum absolute atomic E-state index is 0.0232. The summed E-state index contributed by atoms with van der Waals surface area (Å²) in [5.74, 6) is 0.159. The van der Waals surface area contributed by atoms with E-state index in [0.29, 0.717) is 21.5 Å². The smallest absolute Gasteiger partial charge is 0.303 e. The Morgan fingerprint density at radius 1 is 0.833 bits per heavy atom. The van der Waals surface area contributed by atoms with Crippen molar-refractivity contribution in [3.63, 3.8) is 0 Å². The summed E-state index contributed by atoms with van der Waals surface area (Å²) in [5, 5.41) is 0.660. The van der Waals surface area contributed by atoms with E-state index in [-0.39, 0.29) is 25.7 Å². The molecule has 0 aliphatic heterocycles. The van der Waals surface area contributed by atoms with Gasteiger partial charge < -0.3 is 23.7 Å². The van der Waals surface area contributed by atoms with Crippen LogP contribution in [0.3, 0.4) is 0 Å². The molecule has 10 heteroatoms. The highest BCUT2D eigenvalue weighted by atomic mass is 35.5. The van der Waals surface area contributed by atoms with Gasteiger partial charge in [0.2, 0.25) is 0 Å². The average molecular weight is 562 g/mol. The molecule has 0 unspecified atom stereocenters. The second kappa shape index (κ2) is 13.9. The molecule has 198 valence electrons. The van der Waals surface area contributed by atoms with Crippen LogP contribution in [0, 0.1) is 0 Å². The number of ether oxygens (including phenoxy) is 5. The Morgan fingerprint density at radius 2 is 1.36 bits per heavy atom. The first kappa shape index (κ1) is 30.0. The van der Waals surface area contributed by atoms with Crippen LogP contribution >= 0.6 is 34.8 Å². The molecule has 0 aromatic heterocycles. The van der Waals surface area contributed by atoms with E-state index < -0.39 is 29.6 Å². The molecule has 7 nitrogen and oxygen atoms in total. The lowest BCUT2D eigenvalue weighted by molar-refractivity contribution is -0.150. The maximum absolute atomic E-state index is 11.2. The van der Waals surface area contributed by atoms with Gasteiger partial charge in [0.15, 0.2) is 11.9 Å². The number of benzene rings is 2. The average Bonchev–Trinajstić information content (AvgIpc) is 2.81. The zero-order chi connectivity index (χ0) is 26.9. The molecule has 0 bridgehead atoms. The molecule has 2 atom stereocenters. The Kier molecular flexibility index (Phi) is 11.6. The van der Waals surface area contributed by atoms with Crippen molar-refractivity contribution in [3.05, 3.63) is 57.6 Å². The highest BCUT2D eigenvalue weighted by Gasteiger charge is 2.26. The van der Waals surface area contributed by atoms with Crippen molar-refractivity contribution in [3.8, 4) is 11.5 Å².